The minimum absolute atomic E-state index is 0.0276. The highest BCUT2D eigenvalue weighted by atomic mass is 16.4. The predicted octanol–water partition coefficient (Wildman–Crippen LogP) is -1.31. The number of carbonyl (C=O) groups excluding carboxylic acids is 2. The molecule has 19 heavy (non-hydrogen) atoms. The third kappa shape index (κ3) is 7.92. The quantitative estimate of drug-likeness (QED) is 0.381. The monoisotopic (exact) mass is 275 g/mol. The van der Waals surface area contributed by atoms with Crippen LogP contribution in [0.3, 0.4) is 0 Å². The van der Waals surface area contributed by atoms with E-state index in [-0.39, 0.29) is 24.1 Å². The number of Topliss-reactive ketones (excluding diaryl/α,β-unsaturated/α-hetero) is 1. The van der Waals surface area contributed by atoms with Crippen LogP contribution >= 0.6 is 0 Å². The molecule has 0 saturated carbocycles. The van der Waals surface area contributed by atoms with Gasteiger partial charge in [-0.3, -0.25) is 4.79 Å². The van der Waals surface area contributed by atoms with Crippen molar-refractivity contribution < 1.29 is 29.4 Å². The molecule has 0 aromatic heterocycles. The van der Waals surface area contributed by atoms with Crippen LogP contribution in [0.2, 0.25) is 0 Å². The lowest BCUT2D eigenvalue weighted by atomic mass is 9.89. The third-order valence-corrected chi connectivity index (χ3v) is 2.75. The SMILES string of the molecule is C[N+](C)(C)CC(O)(CC(=O)[O-])C(=O)CCCCCO. The number of hydrogen-bond donors (Lipinski definition) is 2. The van der Waals surface area contributed by atoms with E-state index in [0.717, 1.165) is 0 Å². The van der Waals surface area contributed by atoms with Crippen molar-refractivity contribution in [3.63, 3.8) is 0 Å². The highest BCUT2D eigenvalue weighted by Crippen LogP contribution is 2.19. The topological polar surface area (TPSA) is 97.7 Å². The molecule has 0 saturated heterocycles. The van der Waals surface area contributed by atoms with Crippen LogP contribution in [-0.4, -0.2) is 66.3 Å². The molecule has 2 N–H and O–H groups in total. The van der Waals surface area contributed by atoms with Crippen molar-refractivity contribution >= 4 is 11.8 Å². The summed E-state index contributed by atoms with van der Waals surface area (Å²) in [6.45, 7) is 0.0934. The Hall–Kier alpha value is -0.980. The van der Waals surface area contributed by atoms with Gasteiger partial charge in [0.05, 0.1) is 21.1 Å². The van der Waals surface area contributed by atoms with E-state index in [2.05, 4.69) is 0 Å². The Labute approximate surface area is 114 Å². The van der Waals surface area contributed by atoms with Gasteiger partial charge in [0, 0.05) is 25.4 Å². The molecule has 0 aliphatic rings. The molecule has 0 aromatic rings. The minimum Gasteiger partial charge on any atom is -0.550 e. The lowest BCUT2D eigenvalue weighted by Crippen LogP contribution is -2.56. The molecule has 0 aliphatic carbocycles. The average Bonchev–Trinajstić information content (AvgIpc) is 2.20. The van der Waals surface area contributed by atoms with E-state index >= 15 is 0 Å². The van der Waals surface area contributed by atoms with E-state index in [1.165, 1.54) is 0 Å². The molecule has 0 aromatic carbocycles. The second-order valence-electron chi connectivity index (χ2n) is 5.99. The second-order valence-corrected chi connectivity index (χ2v) is 5.99. The van der Waals surface area contributed by atoms with Gasteiger partial charge >= 0.3 is 0 Å². The lowest BCUT2D eigenvalue weighted by molar-refractivity contribution is -0.875. The van der Waals surface area contributed by atoms with Crippen molar-refractivity contribution in [1.29, 1.82) is 0 Å². The first-order chi connectivity index (χ1) is 8.60. The molecular formula is C13H25NO5. The van der Waals surface area contributed by atoms with E-state index in [4.69, 9.17) is 5.11 Å². The van der Waals surface area contributed by atoms with Gasteiger partial charge in [0.1, 0.15) is 6.54 Å². The number of carboxylic acid groups (broad SMARTS) is 1. The van der Waals surface area contributed by atoms with Crippen molar-refractivity contribution in [2.75, 3.05) is 34.3 Å². The second kappa shape index (κ2) is 7.57. The molecule has 6 heteroatoms. The number of quaternary nitrogens is 1. The number of aliphatic carboxylic acids is 1. The molecule has 112 valence electrons. The molecule has 0 heterocycles. The van der Waals surface area contributed by atoms with Crippen LogP contribution < -0.4 is 5.11 Å². The fourth-order valence-corrected chi connectivity index (χ4v) is 2.07. The smallest absolute Gasteiger partial charge is 0.177 e. The maximum Gasteiger partial charge on any atom is 0.177 e. The molecule has 1 atom stereocenters. The number of aliphatic hydroxyl groups excluding tert-OH is 1. The highest BCUT2D eigenvalue weighted by Gasteiger charge is 2.40. The van der Waals surface area contributed by atoms with E-state index in [9.17, 15) is 19.8 Å². The number of carboxylic acids is 1. The molecule has 0 spiro atoms. The third-order valence-electron chi connectivity index (χ3n) is 2.75. The summed E-state index contributed by atoms with van der Waals surface area (Å²) < 4.78 is 0.284. The van der Waals surface area contributed by atoms with Crippen LogP contribution in [0.25, 0.3) is 0 Å². The highest BCUT2D eigenvalue weighted by molar-refractivity contribution is 5.90. The van der Waals surface area contributed by atoms with Gasteiger partial charge in [0.2, 0.25) is 0 Å². The number of hydrogen-bond acceptors (Lipinski definition) is 5. The van der Waals surface area contributed by atoms with Crippen molar-refractivity contribution in [1.82, 2.24) is 0 Å². The Morgan fingerprint density at radius 1 is 1.16 bits per heavy atom. The lowest BCUT2D eigenvalue weighted by Gasteiger charge is -2.34. The summed E-state index contributed by atoms with van der Waals surface area (Å²) in [5.74, 6) is -1.90. The number of nitrogens with zero attached hydrogens (tertiary/aromatic N) is 1. The van der Waals surface area contributed by atoms with Gasteiger partial charge in [0.15, 0.2) is 11.4 Å². The Bertz CT molecular complexity index is 311. The molecule has 1 unspecified atom stereocenters. The first-order valence-electron chi connectivity index (χ1n) is 6.47. The zero-order valence-corrected chi connectivity index (χ0v) is 12.0. The van der Waals surface area contributed by atoms with Crippen molar-refractivity contribution in [3.05, 3.63) is 0 Å². The Morgan fingerprint density at radius 3 is 2.16 bits per heavy atom. The van der Waals surface area contributed by atoms with Gasteiger partial charge in [-0.15, -0.1) is 0 Å². The van der Waals surface area contributed by atoms with E-state index in [1.54, 1.807) is 21.1 Å². The predicted molar refractivity (Wildman–Crippen MR) is 68.0 cm³/mol. The van der Waals surface area contributed by atoms with Gasteiger partial charge in [0.25, 0.3) is 0 Å². The number of unbranched alkanes of at least 4 members (excludes halogenated alkanes) is 2. The molecule has 0 rings (SSSR count). The number of aliphatic hydroxyl groups is 2. The van der Waals surface area contributed by atoms with Gasteiger partial charge in [-0.2, -0.15) is 0 Å². The van der Waals surface area contributed by atoms with E-state index in [1.807, 2.05) is 0 Å². The maximum absolute atomic E-state index is 12.0. The van der Waals surface area contributed by atoms with Gasteiger partial charge in [-0.25, -0.2) is 0 Å². The number of ketones is 1. The summed E-state index contributed by atoms with van der Waals surface area (Å²) in [6.07, 6.45) is 1.24. The van der Waals surface area contributed by atoms with Gasteiger partial charge in [-0.05, 0) is 12.8 Å². The number of rotatable bonds is 10. The largest absolute Gasteiger partial charge is 0.550 e. The average molecular weight is 275 g/mol. The summed E-state index contributed by atoms with van der Waals surface area (Å²) in [4.78, 5) is 22.7. The zero-order chi connectivity index (χ0) is 15.1. The molecule has 0 aliphatic heterocycles. The van der Waals surface area contributed by atoms with Crippen LogP contribution in [0.4, 0.5) is 0 Å². The molecule has 0 amide bonds. The molecule has 0 fully saturated rings. The van der Waals surface area contributed by atoms with Crippen LogP contribution in [0.1, 0.15) is 32.1 Å². The summed E-state index contributed by atoms with van der Waals surface area (Å²) in [5, 5.41) is 29.7. The van der Waals surface area contributed by atoms with Crippen molar-refractivity contribution in [3.8, 4) is 0 Å². The molecule has 6 nitrogen and oxygen atoms in total. The summed E-state index contributed by atoms with van der Waals surface area (Å²) in [6, 6.07) is 0. The minimum atomic E-state index is -1.88. The van der Waals surface area contributed by atoms with Crippen LogP contribution in [0.5, 0.6) is 0 Å². The Balaban J connectivity index is 4.64. The fourth-order valence-electron chi connectivity index (χ4n) is 2.07. The fraction of sp³-hybridized carbons (Fsp3) is 0.846. The number of carbonyl (C=O) groups is 2. The normalized spacial score (nSPS) is 15.0. The molecule has 0 radical (unpaired) electrons. The van der Waals surface area contributed by atoms with E-state index < -0.39 is 23.8 Å². The van der Waals surface area contributed by atoms with Crippen LogP contribution in [0.15, 0.2) is 0 Å². The Morgan fingerprint density at radius 2 is 1.74 bits per heavy atom. The molecular weight excluding hydrogens is 250 g/mol. The number of likely N-dealkylation sites (N-methyl/N-ethyl adjacent to an activating group) is 1. The van der Waals surface area contributed by atoms with Crippen molar-refractivity contribution in [2.45, 2.75) is 37.7 Å². The summed E-state index contributed by atoms with van der Waals surface area (Å²) in [7, 11) is 5.33. The van der Waals surface area contributed by atoms with Crippen LogP contribution in [0, 0.1) is 0 Å². The zero-order valence-electron chi connectivity index (χ0n) is 12.0. The van der Waals surface area contributed by atoms with Crippen LogP contribution in [-0.2, 0) is 9.59 Å². The standard InChI is InChI=1S/C13H25NO5/c1-14(2,3)10-13(19,9-12(17)18)11(16)7-5-4-6-8-15/h15,19H,4-10H2,1-3H3. The van der Waals surface area contributed by atoms with Gasteiger partial charge in [-0.1, -0.05) is 6.42 Å². The summed E-state index contributed by atoms with van der Waals surface area (Å²) >= 11 is 0. The Kier molecular flexibility index (Phi) is 7.18. The summed E-state index contributed by atoms with van der Waals surface area (Å²) in [5.41, 5.74) is -1.88. The van der Waals surface area contributed by atoms with E-state index in [0.29, 0.717) is 19.3 Å². The van der Waals surface area contributed by atoms with Gasteiger partial charge < -0.3 is 24.6 Å². The first-order valence-corrected chi connectivity index (χ1v) is 6.47. The molecule has 0 bridgehead atoms. The van der Waals surface area contributed by atoms with Crippen molar-refractivity contribution in [2.24, 2.45) is 0 Å². The maximum atomic E-state index is 12.0. The first kappa shape index (κ1) is 18.0.